The maximum atomic E-state index is 13.8. The average Bonchev–Trinajstić information content (AvgIpc) is 3.30. The Labute approximate surface area is 157 Å². The smallest absolute Gasteiger partial charge is 0.363 e. The predicted octanol–water partition coefficient (Wildman–Crippen LogP) is 4.34. The number of non-ortho nitro benzene ring substituents is 1. The van der Waals surface area contributed by atoms with Gasteiger partial charge in [-0.05, 0) is 24.3 Å². The molecule has 7 nitrogen and oxygen atoms in total. The Morgan fingerprint density at radius 2 is 1.89 bits per heavy atom. The normalized spacial score (nSPS) is 14.8. The highest BCUT2D eigenvalue weighted by molar-refractivity contribution is 6.12. The fourth-order valence-corrected chi connectivity index (χ4v) is 2.65. The molecular formula is C20H11FN2O5. The lowest BCUT2D eigenvalue weighted by atomic mass is 10.1. The Kier molecular flexibility index (Phi) is 4.29. The van der Waals surface area contributed by atoms with E-state index < -0.39 is 16.7 Å². The molecule has 138 valence electrons. The Hall–Kier alpha value is -4.07. The number of ether oxygens (including phenoxy) is 1. The van der Waals surface area contributed by atoms with E-state index in [1.54, 1.807) is 30.3 Å². The summed E-state index contributed by atoms with van der Waals surface area (Å²) >= 11 is 0. The van der Waals surface area contributed by atoms with Gasteiger partial charge in [-0.3, -0.25) is 10.1 Å². The first kappa shape index (κ1) is 17.3. The summed E-state index contributed by atoms with van der Waals surface area (Å²) in [5, 5.41) is 10.9. The topological polar surface area (TPSA) is 94.9 Å². The molecule has 4 rings (SSSR count). The molecule has 0 fully saturated rings. The van der Waals surface area contributed by atoms with Gasteiger partial charge >= 0.3 is 5.97 Å². The van der Waals surface area contributed by atoms with Gasteiger partial charge in [-0.15, -0.1) is 0 Å². The first-order valence-corrected chi connectivity index (χ1v) is 8.13. The SMILES string of the molecule is O=C1OC(c2ccccc2F)=N/C1=C\c1ccc(-c2cccc([N+](=O)[O-])c2)o1. The molecule has 0 radical (unpaired) electrons. The van der Waals surface area contributed by atoms with Crippen molar-refractivity contribution in [3.63, 3.8) is 0 Å². The number of aliphatic imine (C=N–C) groups is 1. The third-order valence-corrected chi connectivity index (χ3v) is 3.97. The van der Waals surface area contributed by atoms with Crippen LogP contribution >= 0.6 is 0 Å². The van der Waals surface area contributed by atoms with E-state index >= 15 is 0 Å². The highest BCUT2D eigenvalue weighted by atomic mass is 19.1. The Morgan fingerprint density at radius 3 is 2.68 bits per heavy atom. The number of hydrogen-bond acceptors (Lipinski definition) is 6. The van der Waals surface area contributed by atoms with Crippen molar-refractivity contribution in [1.82, 2.24) is 0 Å². The third kappa shape index (κ3) is 3.30. The van der Waals surface area contributed by atoms with Gasteiger partial charge in [-0.1, -0.05) is 24.3 Å². The molecule has 2 heterocycles. The van der Waals surface area contributed by atoms with Crippen molar-refractivity contribution < 1.29 is 23.3 Å². The van der Waals surface area contributed by atoms with Crippen LogP contribution in [0.3, 0.4) is 0 Å². The summed E-state index contributed by atoms with van der Waals surface area (Å²) < 4.78 is 24.5. The molecule has 0 unspecified atom stereocenters. The molecule has 0 saturated carbocycles. The van der Waals surface area contributed by atoms with E-state index in [0.29, 0.717) is 17.1 Å². The van der Waals surface area contributed by atoms with E-state index in [4.69, 9.17) is 9.15 Å². The number of nitro groups is 1. The second-order valence-corrected chi connectivity index (χ2v) is 5.83. The summed E-state index contributed by atoms with van der Waals surface area (Å²) in [5.74, 6) is -0.722. The second-order valence-electron chi connectivity index (χ2n) is 5.83. The first-order chi connectivity index (χ1) is 13.5. The van der Waals surface area contributed by atoms with Crippen LogP contribution in [-0.4, -0.2) is 16.8 Å². The molecule has 3 aromatic rings. The standard InChI is InChI=1S/C20H11FN2O5/c21-16-7-2-1-6-15(16)19-22-17(20(24)28-19)11-14-8-9-18(27-14)12-4-3-5-13(10-12)23(25)26/h1-11H/b17-11-. The average molecular weight is 378 g/mol. The largest absolute Gasteiger partial charge is 0.457 e. The summed E-state index contributed by atoms with van der Waals surface area (Å²) in [4.78, 5) is 26.5. The number of hydrogen-bond donors (Lipinski definition) is 0. The van der Waals surface area contributed by atoms with Crippen LogP contribution in [0.25, 0.3) is 17.4 Å². The highest BCUT2D eigenvalue weighted by Crippen LogP contribution is 2.27. The van der Waals surface area contributed by atoms with E-state index in [1.807, 2.05) is 0 Å². The summed E-state index contributed by atoms with van der Waals surface area (Å²) in [7, 11) is 0. The van der Waals surface area contributed by atoms with Gasteiger partial charge in [0.25, 0.3) is 5.69 Å². The fraction of sp³-hybridized carbons (Fsp3) is 0. The molecule has 0 saturated heterocycles. The minimum Gasteiger partial charge on any atom is -0.457 e. The van der Waals surface area contributed by atoms with E-state index in [9.17, 15) is 19.3 Å². The van der Waals surface area contributed by atoms with Crippen LogP contribution in [0.15, 0.2) is 75.8 Å². The molecule has 0 bridgehead atoms. The van der Waals surface area contributed by atoms with E-state index in [2.05, 4.69) is 4.99 Å². The first-order valence-electron chi connectivity index (χ1n) is 8.13. The van der Waals surface area contributed by atoms with Crippen LogP contribution in [-0.2, 0) is 9.53 Å². The number of esters is 1. The van der Waals surface area contributed by atoms with Gasteiger partial charge < -0.3 is 9.15 Å². The lowest BCUT2D eigenvalue weighted by molar-refractivity contribution is -0.384. The van der Waals surface area contributed by atoms with Crippen LogP contribution in [0.2, 0.25) is 0 Å². The van der Waals surface area contributed by atoms with Gasteiger partial charge in [-0.2, -0.15) is 0 Å². The number of halogens is 1. The minimum atomic E-state index is -0.730. The summed E-state index contributed by atoms with van der Waals surface area (Å²) in [5.41, 5.74) is 0.491. The summed E-state index contributed by atoms with van der Waals surface area (Å²) in [6, 6.07) is 15.0. The number of rotatable bonds is 4. The van der Waals surface area contributed by atoms with Crippen molar-refractivity contribution in [1.29, 1.82) is 0 Å². The monoisotopic (exact) mass is 378 g/mol. The molecule has 2 aromatic carbocycles. The number of nitro benzene ring substituents is 1. The van der Waals surface area contributed by atoms with Gasteiger partial charge in [0.1, 0.15) is 17.3 Å². The Bertz CT molecular complexity index is 1160. The zero-order valence-corrected chi connectivity index (χ0v) is 14.2. The van der Waals surface area contributed by atoms with E-state index in [1.165, 1.54) is 36.4 Å². The number of carbonyl (C=O) groups excluding carboxylic acids is 1. The predicted molar refractivity (Wildman–Crippen MR) is 97.8 cm³/mol. The zero-order valence-electron chi connectivity index (χ0n) is 14.2. The maximum Gasteiger partial charge on any atom is 0.363 e. The molecule has 0 amide bonds. The molecule has 8 heteroatoms. The van der Waals surface area contributed by atoms with Crippen LogP contribution < -0.4 is 0 Å². The minimum absolute atomic E-state index is 0.0433. The van der Waals surface area contributed by atoms with Crippen molar-refractivity contribution >= 4 is 23.6 Å². The Morgan fingerprint density at radius 1 is 1.07 bits per heavy atom. The van der Waals surface area contributed by atoms with Gasteiger partial charge in [-0.25, -0.2) is 14.2 Å². The van der Waals surface area contributed by atoms with E-state index in [-0.39, 0.29) is 22.8 Å². The highest BCUT2D eigenvalue weighted by Gasteiger charge is 2.26. The molecule has 28 heavy (non-hydrogen) atoms. The van der Waals surface area contributed by atoms with Crippen molar-refractivity contribution in [3.05, 3.63) is 93.6 Å². The summed E-state index contributed by atoms with van der Waals surface area (Å²) in [6.07, 6.45) is 1.36. The van der Waals surface area contributed by atoms with Gasteiger partial charge in [0.15, 0.2) is 5.70 Å². The van der Waals surface area contributed by atoms with Gasteiger partial charge in [0, 0.05) is 23.8 Å². The van der Waals surface area contributed by atoms with Crippen LogP contribution in [0, 0.1) is 15.9 Å². The van der Waals surface area contributed by atoms with Crippen molar-refractivity contribution in [2.75, 3.05) is 0 Å². The maximum absolute atomic E-state index is 13.8. The van der Waals surface area contributed by atoms with Crippen LogP contribution in [0.4, 0.5) is 10.1 Å². The lowest BCUT2D eigenvalue weighted by Crippen LogP contribution is -2.07. The molecule has 0 aliphatic carbocycles. The van der Waals surface area contributed by atoms with Crippen molar-refractivity contribution in [2.24, 2.45) is 4.99 Å². The summed E-state index contributed by atoms with van der Waals surface area (Å²) in [6.45, 7) is 0. The Balaban J connectivity index is 1.64. The second kappa shape index (κ2) is 6.92. The number of cyclic esters (lactones) is 1. The van der Waals surface area contributed by atoms with E-state index in [0.717, 1.165) is 0 Å². The molecule has 1 aliphatic rings. The van der Waals surface area contributed by atoms with Crippen molar-refractivity contribution in [2.45, 2.75) is 0 Å². The number of furan rings is 1. The molecule has 0 N–H and O–H groups in total. The van der Waals surface area contributed by atoms with Gasteiger partial charge in [0.2, 0.25) is 5.90 Å². The van der Waals surface area contributed by atoms with Crippen LogP contribution in [0.1, 0.15) is 11.3 Å². The number of benzene rings is 2. The zero-order chi connectivity index (χ0) is 19.7. The number of nitrogens with zero attached hydrogens (tertiary/aromatic N) is 2. The molecule has 0 spiro atoms. The third-order valence-electron chi connectivity index (χ3n) is 3.97. The van der Waals surface area contributed by atoms with Gasteiger partial charge in [0.05, 0.1) is 10.5 Å². The molecule has 0 atom stereocenters. The van der Waals surface area contributed by atoms with Crippen LogP contribution in [0.5, 0.6) is 0 Å². The fourth-order valence-electron chi connectivity index (χ4n) is 2.65. The molecular weight excluding hydrogens is 367 g/mol. The molecule has 1 aromatic heterocycles. The number of carbonyl (C=O) groups is 1. The van der Waals surface area contributed by atoms with Crippen molar-refractivity contribution in [3.8, 4) is 11.3 Å². The quantitative estimate of drug-likeness (QED) is 0.291. The lowest BCUT2D eigenvalue weighted by Gasteiger charge is -1.99. The molecule has 1 aliphatic heterocycles.